The summed E-state index contributed by atoms with van der Waals surface area (Å²) in [4.78, 5) is 16.1. The monoisotopic (exact) mass is 301 g/mol. The Labute approximate surface area is 128 Å². The number of hydrogen-bond donors (Lipinski definition) is 0. The van der Waals surface area contributed by atoms with Gasteiger partial charge in [-0.2, -0.15) is 0 Å². The quantitative estimate of drug-likeness (QED) is 0.756. The van der Waals surface area contributed by atoms with Crippen molar-refractivity contribution in [3.8, 4) is 0 Å². The third-order valence-electron chi connectivity index (χ3n) is 4.89. The second-order valence-corrected chi connectivity index (χ2v) is 7.03. The van der Waals surface area contributed by atoms with Crippen LogP contribution in [0.25, 0.3) is 10.1 Å². The van der Waals surface area contributed by atoms with E-state index in [2.05, 4.69) is 29.2 Å². The van der Waals surface area contributed by atoms with Crippen molar-refractivity contribution in [2.75, 3.05) is 20.2 Å². The molecule has 1 aromatic heterocycles. The van der Waals surface area contributed by atoms with Gasteiger partial charge in [0.05, 0.1) is 19.1 Å². The number of nitrogens with zero attached hydrogens (tertiary/aromatic N) is 1. The minimum absolute atomic E-state index is 0.00383. The SMILES string of the molecule is COC(=O)C1CCCN2CCc3c(sc4ccccc34)C12. The Balaban J connectivity index is 1.85. The molecule has 0 amide bonds. The first-order valence-electron chi connectivity index (χ1n) is 7.62. The highest BCUT2D eigenvalue weighted by atomic mass is 32.1. The molecule has 2 atom stereocenters. The first kappa shape index (κ1) is 13.3. The van der Waals surface area contributed by atoms with Crippen LogP contribution in [-0.2, 0) is 16.0 Å². The van der Waals surface area contributed by atoms with Gasteiger partial charge in [0.25, 0.3) is 0 Å². The van der Waals surface area contributed by atoms with Gasteiger partial charge in [-0.3, -0.25) is 9.69 Å². The number of methoxy groups -OCH3 is 1. The number of hydrogen-bond acceptors (Lipinski definition) is 4. The molecule has 2 unspecified atom stereocenters. The van der Waals surface area contributed by atoms with Crippen molar-refractivity contribution >= 4 is 27.4 Å². The normalized spacial score (nSPS) is 25.4. The van der Waals surface area contributed by atoms with Crippen LogP contribution in [0.5, 0.6) is 0 Å². The number of piperidine rings is 1. The Hall–Kier alpha value is -1.39. The number of benzene rings is 1. The maximum absolute atomic E-state index is 12.2. The summed E-state index contributed by atoms with van der Waals surface area (Å²) in [5.41, 5.74) is 1.47. The van der Waals surface area contributed by atoms with Crippen molar-refractivity contribution in [3.63, 3.8) is 0 Å². The van der Waals surface area contributed by atoms with Gasteiger partial charge in [0, 0.05) is 16.1 Å². The smallest absolute Gasteiger partial charge is 0.310 e. The Morgan fingerprint density at radius 3 is 3.05 bits per heavy atom. The maximum atomic E-state index is 12.2. The van der Waals surface area contributed by atoms with E-state index in [4.69, 9.17) is 4.74 Å². The van der Waals surface area contributed by atoms with Crippen LogP contribution in [0.4, 0.5) is 0 Å². The van der Waals surface area contributed by atoms with Gasteiger partial charge < -0.3 is 4.74 Å². The zero-order valence-corrected chi connectivity index (χ0v) is 13.0. The summed E-state index contributed by atoms with van der Waals surface area (Å²) in [6.45, 7) is 2.16. The number of rotatable bonds is 1. The summed E-state index contributed by atoms with van der Waals surface area (Å²) in [5, 5.41) is 1.38. The molecule has 3 heterocycles. The van der Waals surface area contributed by atoms with Crippen LogP contribution in [0, 0.1) is 5.92 Å². The predicted molar refractivity (Wildman–Crippen MR) is 84.6 cm³/mol. The average molecular weight is 301 g/mol. The summed E-state index contributed by atoms with van der Waals surface area (Å²) in [7, 11) is 1.51. The molecule has 1 aromatic carbocycles. The lowest BCUT2D eigenvalue weighted by molar-refractivity contribution is -0.150. The van der Waals surface area contributed by atoms with Crippen molar-refractivity contribution in [2.45, 2.75) is 25.3 Å². The third-order valence-corrected chi connectivity index (χ3v) is 6.17. The molecule has 0 saturated carbocycles. The number of ether oxygens (including phenoxy) is 1. The molecule has 1 saturated heterocycles. The van der Waals surface area contributed by atoms with Crippen molar-refractivity contribution in [1.82, 2.24) is 4.90 Å². The van der Waals surface area contributed by atoms with Gasteiger partial charge in [0.2, 0.25) is 0 Å². The molecule has 3 nitrogen and oxygen atoms in total. The molecule has 2 aliphatic rings. The fourth-order valence-electron chi connectivity index (χ4n) is 3.93. The van der Waals surface area contributed by atoms with Gasteiger partial charge in [-0.25, -0.2) is 0 Å². The zero-order chi connectivity index (χ0) is 14.4. The standard InChI is InChI=1S/C17H19NO2S/c1-20-17(19)13-6-4-9-18-10-8-12-11-5-2-3-7-14(11)21-16(12)15(13)18/h2-3,5,7,13,15H,4,6,8-10H2,1H3. The molecule has 0 bridgehead atoms. The summed E-state index contributed by atoms with van der Waals surface area (Å²) in [5.74, 6) is -0.0501. The lowest BCUT2D eigenvalue weighted by Gasteiger charge is -2.42. The summed E-state index contributed by atoms with van der Waals surface area (Å²) >= 11 is 1.87. The average Bonchev–Trinajstić information content (AvgIpc) is 2.92. The van der Waals surface area contributed by atoms with Gasteiger partial charge in [-0.05, 0) is 42.8 Å². The van der Waals surface area contributed by atoms with E-state index in [1.165, 1.54) is 27.6 Å². The fraction of sp³-hybridized carbons (Fsp3) is 0.471. The Bertz CT molecular complexity index is 693. The molecule has 4 rings (SSSR count). The molecule has 110 valence electrons. The van der Waals surface area contributed by atoms with E-state index in [9.17, 15) is 4.79 Å². The van der Waals surface area contributed by atoms with E-state index in [0.29, 0.717) is 0 Å². The molecule has 2 aromatic rings. The van der Waals surface area contributed by atoms with E-state index in [0.717, 1.165) is 32.4 Å². The summed E-state index contributed by atoms with van der Waals surface area (Å²) in [6, 6.07) is 8.85. The minimum Gasteiger partial charge on any atom is -0.469 e. The second kappa shape index (κ2) is 5.11. The molecular formula is C17H19NO2S. The molecule has 0 spiro atoms. The topological polar surface area (TPSA) is 29.5 Å². The highest BCUT2D eigenvalue weighted by molar-refractivity contribution is 7.19. The van der Waals surface area contributed by atoms with E-state index < -0.39 is 0 Å². The van der Waals surface area contributed by atoms with Crippen LogP contribution in [0.2, 0.25) is 0 Å². The third kappa shape index (κ3) is 2.00. The second-order valence-electron chi connectivity index (χ2n) is 5.94. The molecule has 21 heavy (non-hydrogen) atoms. The molecule has 4 heteroatoms. The van der Waals surface area contributed by atoms with Crippen LogP contribution < -0.4 is 0 Å². The highest BCUT2D eigenvalue weighted by Crippen LogP contribution is 2.47. The lowest BCUT2D eigenvalue weighted by Crippen LogP contribution is -2.45. The molecule has 0 radical (unpaired) electrons. The van der Waals surface area contributed by atoms with E-state index >= 15 is 0 Å². The van der Waals surface area contributed by atoms with Gasteiger partial charge in [0.1, 0.15) is 0 Å². The number of carbonyl (C=O) groups is 1. The number of esters is 1. The molecule has 0 aliphatic carbocycles. The summed E-state index contributed by atoms with van der Waals surface area (Å²) in [6.07, 6.45) is 3.14. The first-order valence-corrected chi connectivity index (χ1v) is 8.43. The molecule has 0 N–H and O–H groups in total. The van der Waals surface area contributed by atoms with Crippen LogP contribution >= 0.6 is 11.3 Å². The van der Waals surface area contributed by atoms with Crippen molar-refractivity contribution in [2.24, 2.45) is 5.92 Å². The fourth-order valence-corrected chi connectivity index (χ4v) is 5.39. The number of carbonyl (C=O) groups excluding carboxylic acids is 1. The number of thiophene rings is 1. The Kier molecular flexibility index (Phi) is 3.23. The van der Waals surface area contributed by atoms with Gasteiger partial charge in [0.15, 0.2) is 0 Å². The van der Waals surface area contributed by atoms with Crippen molar-refractivity contribution in [3.05, 3.63) is 34.7 Å². The van der Waals surface area contributed by atoms with E-state index in [1.54, 1.807) is 0 Å². The van der Waals surface area contributed by atoms with Crippen LogP contribution in [0.15, 0.2) is 24.3 Å². The summed E-state index contributed by atoms with van der Waals surface area (Å²) < 4.78 is 6.41. The minimum atomic E-state index is -0.0463. The van der Waals surface area contributed by atoms with Crippen LogP contribution in [0.3, 0.4) is 0 Å². The van der Waals surface area contributed by atoms with Gasteiger partial charge in [-0.1, -0.05) is 18.2 Å². The Morgan fingerprint density at radius 1 is 1.33 bits per heavy atom. The van der Waals surface area contributed by atoms with Crippen LogP contribution in [-0.4, -0.2) is 31.1 Å². The van der Waals surface area contributed by atoms with Crippen molar-refractivity contribution < 1.29 is 9.53 Å². The zero-order valence-electron chi connectivity index (χ0n) is 12.2. The molecular weight excluding hydrogens is 282 g/mol. The Morgan fingerprint density at radius 2 is 2.19 bits per heavy atom. The number of fused-ring (bicyclic) bond motifs is 5. The predicted octanol–water partition coefficient (Wildman–Crippen LogP) is 3.38. The molecule has 2 aliphatic heterocycles. The first-order chi connectivity index (χ1) is 10.3. The maximum Gasteiger partial charge on any atom is 0.310 e. The molecule has 1 fully saturated rings. The van der Waals surface area contributed by atoms with E-state index in [-0.39, 0.29) is 17.9 Å². The van der Waals surface area contributed by atoms with Crippen molar-refractivity contribution in [1.29, 1.82) is 0 Å². The van der Waals surface area contributed by atoms with E-state index in [1.807, 2.05) is 11.3 Å². The largest absolute Gasteiger partial charge is 0.469 e. The van der Waals surface area contributed by atoms with Gasteiger partial charge >= 0.3 is 5.97 Å². The lowest BCUT2D eigenvalue weighted by atomic mass is 9.83. The van der Waals surface area contributed by atoms with Crippen LogP contribution in [0.1, 0.15) is 29.3 Å². The van der Waals surface area contributed by atoms with Gasteiger partial charge in [-0.15, -0.1) is 11.3 Å². The highest BCUT2D eigenvalue weighted by Gasteiger charge is 2.42.